The highest BCUT2D eigenvalue weighted by Gasteiger charge is 2.36. The van der Waals surface area contributed by atoms with Gasteiger partial charge in [-0.05, 0) is 64.6 Å². The lowest BCUT2D eigenvalue weighted by Crippen LogP contribution is -2.59. The maximum Gasteiger partial charge on any atom is 0.408 e. The lowest BCUT2D eigenvalue weighted by atomic mass is 9.83. The predicted molar refractivity (Wildman–Crippen MR) is 187 cm³/mol. The van der Waals surface area contributed by atoms with Crippen molar-refractivity contribution in [1.29, 1.82) is 0 Å². The fourth-order valence-corrected chi connectivity index (χ4v) is 6.37. The van der Waals surface area contributed by atoms with Gasteiger partial charge in [-0.1, -0.05) is 76.3 Å². The number of alkyl carbamates (subject to hydrolysis) is 1. The topological polar surface area (TPSA) is 173 Å². The van der Waals surface area contributed by atoms with Gasteiger partial charge in [-0.15, -0.1) is 0 Å². The third-order valence-corrected chi connectivity index (χ3v) is 9.14. The number of rotatable bonds is 11. The van der Waals surface area contributed by atoms with Crippen molar-refractivity contribution in [3.63, 3.8) is 0 Å². The molecule has 13 heteroatoms. The van der Waals surface area contributed by atoms with Crippen LogP contribution in [0.4, 0.5) is 4.79 Å². The van der Waals surface area contributed by atoms with E-state index in [1.807, 2.05) is 19.9 Å². The lowest BCUT2D eigenvalue weighted by Gasteiger charge is -2.32. The zero-order valence-corrected chi connectivity index (χ0v) is 30.4. The molecule has 4 N–H and O–H groups in total. The van der Waals surface area contributed by atoms with Crippen molar-refractivity contribution >= 4 is 29.8 Å². The van der Waals surface area contributed by atoms with Gasteiger partial charge in [0, 0.05) is 19.4 Å². The van der Waals surface area contributed by atoms with Crippen LogP contribution in [-0.4, -0.2) is 102 Å². The van der Waals surface area contributed by atoms with E-state index < -0.39 is 72.4 Å². The summed E-state index contributed by atoms with van der Waals surface area (Å²) in [6, 6.07) is 5.49. The molecule has 2 fully saturated rings. The highest BCUT2D eigenvalue weighted by Crippen LogP contribution is 2.28. The second kappa shape index (κ2) is 20.2. The molecule has 1 heterocycles. The Morgan fingerprint density at radius 1 is 1.02 bits per heavy atom. The van der Waals surface area contributed by atoms with Crippen LogP contribution >= 0.6 is 0 Å². The molecule has 3 amide bonds. The molecule has 0 spiro atoms. The molecule has 0 aromatic heterocycles. The minimum absolute atomic E-state index is 0.00171. The number of ether oxygens (including phenoxy) is 3. The van der Waals surface area contributed by atoms with Gasteiger partial charge in [0.2, 0.25) is 11.8 Å². The van der Waals surface area contributed by atoms with Gasteiger partial charge in [-0.2, -0.15) is 0 Å². The van der Waals surface area contributed by atoms with Crippen LogP contribution in [0.15, 0.2) is 30.3 Å². The molecule has 1 saturated carbocycles. The summed E-state index contributed by atoms with van der Waals surface area (Å²) in [6.07, 6.45) is 3.04. The molecule has 1 aliphatic heterocycles. The standard InChI is InChI=1S/C37H58N4O9/c1-6-41(7-2)23-27-19-14-20-31(42)48-24-30(34(45)38-28(32(43)35(46)49-27)21-25-15-10-8-11-16-25)39-33(44)29(22-26-17-12-9-13-18-26)40-36(47)50-37(3,4)5/h9,12-13,17-18,25,27-30,32,43H,6-8,10-11,14-16,19-24H2,1-5H3,(H,38,45)(H,39,44)(H,40,47)/t27?,28-,29-,30?,32+/m0/s1. The van der Waals surface area contributed by atoms with Crippen LogP contribution in [0.5, 0.6) is 0 Å². The summed E-state index contributed by atoms with van der Waals surface area (Å²) in [4.78, 5) is 68.8. The number of benzene rings is 1. The zero-order chi connectivity index (χ0) is 36.7. The van der Waals surface area contributed by atoms with Gasteiger partial charge in [-0.3, -0.25) is 14.4 Å². The van der Waals surface area contributed by atoms with E-state index in [9.17, 15) is 29.1 Å². The van der Waals surface area contributed by atoms with E-state index in [-0.39, 0.29) is 18.8 Å². The summed E-state index contributed by atoms with van der Waals surface area (Å²) < 4.78 is 16.7. The van der Waals surface area contributed by atoms with Crippen LogP contribution in [-0.2, 0) is 39.8 Å². The summed E-state index contributed by atoms with van der Waals surface area (Å²) in [6.45, 7) is 10.5. The Morgan fingerprint density at radius 3 is 2.34 bits per heavy atom. The number of nitrogens with zero attached hydrogens (tertiary/aromatic N) is 1. The Kier molecular flexibility index (Phi) is 16.5. The van der Waals surface area contributed by atoms with E-state index >= 15 is 0 Å². The molecule has 50 heavy (non-hydrogen) atoms. The second-order valence-electron chi connectivity index (χ2n) is 14.4. The van der Waals surface area contributed by atoms with E-state index in [2.05, 4.69) is 20.9 Å². The van der Waals surface area contributed by atoms with Crippen LogP contribution in [0.3, 0.4) is 0 Å². The Hall–Kier alpha value is -3.71. The summed E-state index contributed by atoms with van der Waals surface area (Å²) in [5.74, 6) is -2.70. The SMILES string of the molecule is CCN(CC)CC1CCCC(=O)OCC(NC(=O)[C@H](Cc2ccccc2)NC(=O)OC(C)(C)C)C(=O)N[C@@H](CC2CCCCC2)[C@@H](O)C(=O)O1. The van der Waals surface area contributed by atoms with Crippen LogP contribution < -0.4 is 16.0 Å². The number of aliphatic hydroxyl groups excluding tert-OH is 1. The summed E-state index contributed by atoms with van der Waals surface area (Å²) >= 11 is 0. The second-order valence-corrected chi connectivity index (χ2v) is 14.4. The molecule has 1 aromatic rings. The van der Waals surface area contributed by atoms with Crippen LogP contribution in [0.25, 0.3) is 0 Å². The van der Waals surface area contributed by atoms with Gasteiger partial charge in [0.05, 0.1) is 6.04 Å². The number of hydrogen-bond acceptors (Lipinski definition) is 10. The minimum Gasteiger partial charge on any atom is -0.463 e. The molecule has 0 bridgehead atoms. The van der Waals surface area contributed by atoms with Crippen molar-refractivity contribution in [1.82, 2.24) is 20.9 Å². The van der Waals surface area contributed by atoms with Gasteiger partial charge in [0.25, 0.3) is 0 Å². The van der Waals surface area contributed by atoms with E-state index in [0.717, 1.165) is 50.8 Å². The summed E-state index contributed by atoms with van der Waals surface area (Å²) in [5.41, 5.74) is -0.0725. The number of hydrogen-bond donors (Lipinski definition) is 4. The Bertz CT molecular complexity index is 1250. The average molecular weight is 703 g/mol. The van der Waals surface area contributed by atoms with Gasteiger partial charge in [0.15, 0.2) is 6.10 Å². The largest absolute Gasteiger partial charge is 0.463 e. The highest BCUT2D eigenvalue weighted by molar-refractivity contribution is 5.92. The molecule has 280 valence electrons. The van der Waals surface area contributed by atoms with E-state index in [1.165, 1.54) is 0 Å². The maximum absolute atomic E-state index is 13.9. The van der Waals surface area contributed by atoms with Crippen molar-refractivity contribution in [2.75, 3.05) is 26.2 Å². The molecule has 5 atom stereocenters. The van der Waals surface area contributed by atoms with Gasteiger partial charge in [-0.25, -0.2) is 9.59 Å². The molecule has 2 aliphatic rings. The predicted octanol–water partition coefficient (Wildman–Crippen LogP) is 3.40. The smallest absolute Gasteiger partial charge is 0.408 e. The third kappa shape index (κ3) is 14.3. The van der Waals surface area contributed by atoms with E-state index in [0.29, 0.717) is 25.8 Å². The molecule has 13 nitrogen and oxygen atoms in total. The van der Waals surface area contributed by atoms with Crippen molar-refractivity contribution in [3.8, 4) is 0 Å². The molecule has 3 rings (SSSR count). The highest BCUT2D eigenvalue weighted by atomic mass is 16.6. The van der Waals surface area contributed by atoms with Crippen LogP contribution in [0, 0.1) is 5.92 Å². The first kappa shape index (κ1) is 40.7. The number of aliphatic hydroxyl groups is 1. The first-order chi connectivity index (χ1) is 23.8. The summed E-state index contributed by atoms with van der Waals surface area (Å²) in [5, 5.41) is 19.4. The quantitative estimate of drug-likeness (QED) is 0.198. The number of carbonyl (C=O) groups is 5. The van der Waals surface area contributed by atoms with Crippen molar-refractivity contribution in [3.05, 3.63) is 35.9 Å². The fourth-order valence-electron chi connectivity index (χ4n) is 6.37. The molecule has 2 unspecified atom stereocenters. The average Bonchev–Trinajstić information content (AvgIpc) is 3.07. The first-order valence-electron chi connectivity index (χ1n) is 18.2. The lowest BCUT2D eigenvalue weighted by molar-refractivity contribution is -0.163. The number of likely N-dealkylation sites (N-methyl/N-ethyl adjacent to an activating group) is 1. The van der Waals surface area contributed by atoms with Crippen molar-refractivity contribution in [2.45, 2.75) is 135 Å². The number of carbonyl (C=O) groups excluding carboxylic acids is 5. The number of nitrogens with one attached hydrogen (secondary N) is 3. The van der Waals surface area contributed by atoms with E-state index in [4.69, 9.17) is 14.2 Å². The van der Waals surface area contributed by atoms with Crippen molar-refractivity contribution < 1.29 is 43.3 Å². The molecule has 1 saturated heterocycles. The first-order valence-corrected chi connectivity index (χ1v) is 18.2. The fraction of sp³-hybridized carbons (Fsp3) is 0.703. The molecular weight excluding hydrogens is 644 g/mol. The molecular formula is C37H58N4O9. The number of cyclic esters (lactones) is 2. The normalized spacial score (nSPS) is 23.9. The minimum atomic E-state index is -1.65. The number of amides is 3. The van der Waals surface area contributed by atoms with E-state index in [1.54, 1.807) is 45.0 Å². The molecule has 0 radical (unpaired) electrons. The maximum atomic E-state index is 13.9. The van der Waals surface area contributed by atoms with Gasteiger partial charge < -0.3 is 40.2 Å². The Morgan fingerprint density at radius 2 is 1.70 bits per heavy atom. The molecule has 1 aliphatic carbocycles. The van der Waals surface area contributed by atoms with Crippen LogP contribution in [0.2, 0.25) is 0 Å². The van der Waals surface area contributed by atoms with Crippen molar-refractivity contribution in [2.24, 2.45) is 5.92 Å². The third-order valence-electron chi connectivity index (χ3n) is 9.14. The Labute approximate surface area is 296 Å². The Balaban J connectivity index is 1.87. The van der Waals surface area contributed by atoms with Crippen LogP contribution in [0.1, 0.15) is 98.0 Å². The number of esters is 2. The zero-order valence-electron chi connectivity index (χ0n) is 30.4. The molecule has 1 aromatic carbocycles. The monoisotopic (exact) mass is 702 g/mol. The van der Waals surface area contributed by atoms with Gasteiger partial charge >= 0.3 is 18.0 Å². The summed E-state index contributed by atoms with van der Waals surface area (Å²) in [7, 11) is 0. The van der Waals surface area contributed by atoms with Gasteiger partial charge in [0.1, 0.15) is 30.4 Å².